The number of nitrogens with one attached hydrogen (secondary N) is 1. The van der Waals surface area contributed by atoms with E-state index in [9.17, 15) is 4.79 Å². The van der Waals surface area contributed by atoms with Crippen molar-refractivity contribution in [1.82, 2.24) is 4.98 Å². The number of amides is 1. The van der Waals surface area contributed by atoms with E-state index in [0.717, 1.165) is 37.8 Å². The Morgan fingerprint density at radius 3 is 2.47 bits per heavy atom. The van der Waals surface area contributed by atoms with E-state index in [1.54, 1.807) is 18.2 Å². The maximum Gasteiger partial charge on any atom is 0.256 e. The first-order valence-electron chi connectivity index (χ1n) is 9.27. The molecule has 3 nitrogen and oxygen atoms in total. The summed E-state index contributed by atoms with van der Waals surface area (Å²) in [7, 11) is 0. The van der Waals surface area contributed by atoms with Gasteiger partial charge in [-0.15, -0.1) is 0 Å². The van der Waals surface area contributed by atoms with Crippen LogP contribution in [0.1, 0.15) is 21.5 Å². The maximum absolute atomic E-state index is 13.3. The standard InChI is InChI=1S/C24H17BrCl2N2O/c1-13-6-8-15(9-7-13)21-12-18(17-11-16(25)10-14(2)23(17)28-21)24(30)29-20-5-3-4-19(26)22(20)27/h3-12H,1-2H3,(H,29,30). The van der Waals surface area contributed by atoms with Crippen LogP contribution in [0.4, 0.5) is 5.69 Å². The largest absolute Gasteiger partial charge is 0.321 e. The molecule has 0 aliphatic rings. The van der Waals surface area contributed by atoms with Gasteiger partial charge in [-0.25, -0.2) is 4.98 Å². The Morgan fingerprint density at radius 2 is 1.73 bits per heavy atom. The van der Waals surface area contributed by atoms with Crippen molar-refractivity contribution < 1.29 is 4.79 Å². The summed E-state index contributed by atoms with van der Waals surface area (Å²) in [6.07, 6.45) is 0. The van der Waals surface area contributed by atoms with Crippen molar-refractivity contribution in [3.8, 4) is 11.3 Å². The highest BCUT2D eigenvalue weighted by atomic mass is 79.9. The van der Waals surface area contributed by atoms with E-state index in [0.29, 0.717) is 21.3 Å². The van der Waals surface area contributed by atoms with Crippen LogP contribution in [0, 0.1) is 13.8 Å². The second-order valence-corrected chi connectivity index (χ2v) is 8.80. The van der Waals surface area contributed by atoms with Gasteiger partial charge in [-0.2, -0.15) is 0 Å². The van der Waals surface area contributed by atoms with E-state index in [2.05, 4.69) is 21.2 Å². The Kier molecular flexibility index (Phi) is 5.83. The quantitative estimate of drug-likeness (QED) is 0.312. The molecular weight excluding hydrogens is 483 g/mol. The van der Waals surface area contributed by atoms with Gasteiger partial charge in [0.2, 0.25) is 0 Å². The van der Waals surface area contributed by atoms with E-state index in [4.69, 9.17) is 28.2 Å². The van der Waals surface area contributed by atoms with Gasteiger partial charge in [0.25, 0.3) is 5.91 Å². The van der Waals surface area contributed by atoms with E-state index in [1.807, 2.05) is 56.3 Å². The van der Waals surface area contributed by atoms with Crippen LogP contribution < -0.4 is 5.32 Å². The van der Waals surface area contributed by atoms with Crippen LogP contribution in [0.15, 0.2) is 65.1 Å². The summed E-state index contributed by atoms with van der Waals surface area (Å²) in [5, 5.41) is 4.34. The average molecular weight is 500 g/mol. The first-order valence-corrected chi connectivity index (χ1v) is 10.8. The number of aryl methyl sites for hydroxylation is 2. The number of aromatic nitrogens is 1. The number of anilines is 1. The zero-order chi connectivity index (χ0) is 21.4. The molecule has 4 rings (SSSR count). The zero-order valence-electron chi connectivity index (χ0n) is 16.3. The Bertz CT molecular complexity index is 1290. The normalized spacial score (nSPS) is 11.0. The minimum absolute atomic E-state index is 0.280. The number of carbonyl (C=O) groups is 1. The summed E-state index contributed by atoms with van der Waals surface area (Å²) in [6.45, 7) is 4.02. The van der Waals surface area contributed by atoms with Gasteiger partial charge in [-0.1, -0.05) is 75.0 Å². The fraction of sp³-hybridized carbons (Fsp3) is 0.0833. The Hall–Kier alpha value is -2.40. The van der Waals surface area contributed by atoms with Gasteiger partial charge in [0.15, 0.2) is 0 Å². The van der Waals surface area contributed by atoms with Gasteiger partial charge >= 0.3 is 0 Å². The molecule has 0 saturated heterocycles. The summed E-state index contributed by atoms with van der Waals surface area (Å²) in [5.41, 5.74) is 5.56. The van der Waals surface area contributed by atoms with Crippen LogP contribution >= 0.6 is 39.1 Å². The smallest absolute Gasteiger partial charge is 0.256 e. The zero-order valence-corrected chi connectivity index (χ0v) is 19.4. The topological polar surface area (TPSA) is 42.0 Å². The predicted octanol–water partition coefficient (Wildman–Crippen LogP) is 7.84. The van der Waals surface area contributed by atoms with Crippen molar-refractivity contribution >= 4 is 61.6 Å². The second-order valence-electron chi connectivity index (χ2n) is 7.10. The average Bonchev–Trinajstić information content (AvgIpc) is 2.71. The Morgan fingerprint density at radius 1 is 1.00 bits per heavy atom. The first kappa shape index (κ1) is 20.9. The molecule has 3 aromatic carbocycles. The van der Waals surface area contributed by atoms with Crippen molar-refractivity contribution in [3.63, 3.8) is 0 Å². The molecule has 1 aromatic heterocycles. The number of benzene rings is 3. The Labute approximate surface area is 193 Å². The number of hydrogen-bond acceptors (Lipinski definition) is 2. The predicted molar refractivity (Wildman–Crippen MR) is 129 cm³/mol. The molecular formula is C24H17BrCl2N2O. The Balaban J connectivity index is 1.89. The van der Waals surface area contributed by atoms with Crippen LogP contribution in [0.2, 0.25) is 10.0 Å². The van der Waals surface area contributed by atoms with Crippen molar-refractivity contribution in [2.75, 3.05) is 5.32 Å². The fourth-order valence-electron chi connectivity index (χ4n) is 3.31. The molecule has 150 valence electrons. The minimum Gasteiger partial charge on any atom is -0.321 e. The molecule has 1 heterocycles. The molecule has 1 N–H and O–H groups in total. The number of fused-ring (bicyclic) bond motifs is 1. The molecule has 0 atom stereocenters. The molecule has 0 unspecified atom stereocenters. The van der Waals surface area contributed by atoms with Crippen molar-refractivity contribution in [3.05, 3.63) is 91.9 Å². The van der Waals surface area contributed by atoms with Crippen LogP contribution in [-0.4, -0.2) is 10.9 Å². The van der Waals surface area contributed by atoms with E-state index in [-0.39, 0.29) is 5.91 Å². The summed E-state index contributed by atoms with van der Waals surface area (Å²) in [4.78, 5) is 18.1. The lowest BCUT2D eigenvalue weighted by Gasteiger charge is -2.14. The van der Waals surface area contributed by atoms with E-state index < -0.39 is 0 Å². The van der Waals surface area contributed by atoms with Crippen molar-refractivity contribution in [1.29, 1.82) is 0 Å². The van der Waals surface area contributed by atoms with Gasteiger partial charge in [-0.3, -0.25) is 4.79 Å². The SMILES string of the molecule is Cc1ccc(-c2cc(C(=O)Nc3cccc(Cl)c3Cl)c3cc(Br)cc(C)c3n2)cc1. The van der Waals surface area contributed by atoms with Gasteiger partial charge < -0.3 is 5.32 Å². The van der Waals surface area contributed by atoms with Crippen molar-refractivity contribution in [2.45, 2.75) is 13.8 Å². The molecule has 0 aliphatic heterocycles. The molecule has 4 aromatic rings. The third kappa shape index (κ3) is 4.08. The lowest BCUT2D eigenvalue weighted by molar-refractivity contribution is 0.102. The summed E-state index contributed by atoms with van der Waals surface area (Å²) >= 11 is 15.9. The highest BCUT2D eigenvalue weighted by Crippen LogP contribution is 2.33. The molecule has 0 saturated carbocycles. The molecule has 0 radical (unpaired) electrons. The van der Waals surface area contributed by atoms with Crippen LogP contribution in [0.3, 0.4) is 0 Å². The van der Waals surface area contributed by atoms with Crippen LogP contribution in [0.5, 0.6) is 0 Å². The van der Waals surface area contributed by atoms with Crippen LogP contribution in [-0.2, 0) is 0 Å². The van der Waals surface area contributed by atoms with Gasteiger partial charge in [0, 0.05) is 15.4 Å². The van der Waals surface area contributed by atoms with Gasteiger partial charge in [0.1, 0.15) is 0 Å². The minimum atomic E-state index is -0.280. The molecule has 30 heavy (non-hydrogen) atoms. The number of carbonyl (C=O) groups excluding carboxylic acids is 1. The molecule has 0 aliphatic carbocycles. The van der Waals surface area contributed by atoms with Crippen LogP contribution in [0.25, 0.3) is 22.2 Å². The molecule has 0 fully saturated rings. The lowest BCUT2D eigenvalue weighted by Crippen LogP contribution is -2.13. The molecule has 0 spiro atoms. The molecule has 6 heteroatoms. The van der Waals surface area contributed by atoms with E-state index in [1.165, 1.54) is 0 Å². The summed E-state index contributed by atoms with van der Waals surface area (Å²) in [5.74, 6) is -0.280. The van der Waals surface area contributed by atoms with E-state index >= 15 is 0 Å². The summed E-state index contributed by atoms with van der Waals surface area (Å²) in [6, 6.07) is 18.9. The highest BCUT2D eigenvalue weighted by Gasteiger charge is 2.17. The van der Waals surface area contributed by atoms with Gasteiger partial charge in [-0.05, 0) is 49.7 Å². The first-order chi connectivity index (χ1) is 14.3. The second kappa shape index (κ2) is 8.38. The third-order valence-corrected chi connectivity index (χ3v) is 6.14. The number of halogens is 3. The lowest BCUT2D eigenvalue weighted by atomic mass is 10.0. The highest BCUT2D eigenvalue weighted by molar-refractivity contribution is 9.10. The third-order valence-electron chi connectivity index (χ3n) is 4.86. The number of pyridine rings is 1. The maximum atomic E-state index is 13.3. The number of nitrogens with zero attached hydrogens (tertiary/aromatic N) is 1. The number of hydrogen-bond donors (Lipinski definition) is 1. The monoisotopic (exact) mass is 498 g/mol. The molecule has 1 amide bonds. The number of rotatable bonds is 3. The fourth-order valence-corrected chi connectivity index (χ4v) is 4.23. The van der Waals surface area contributed by atoms with Gasteiger partial charge in [0.05, 0.1) is 32.5 Å². The summed E-state index contributed by atoms with van der Waals surface area (Å²) < 4.78 is 0.882. The molecule has 0 bridgehead atoms. The van der Waals surface area contributed by atoms with Crippen molar-refractivity contribution in [2.24, 2.45) is 0 Å².